The minimum Gasteiger partial charge on any atom is -0.330 e. The van der Waals surface area contributed by atoms with Crippen molar-refractivity contribution in [3.8, 4) is 0 Å². The second-order valence-electron chi connectivity index (χ2n) is 4.09. The summed E-state index contributed by atoms with van der Waals surface area (Å²) in [6.07, 6.45) is -3.09. The number of alkyl halides is 3. The highest BCUT2D eigenvalue weighted by atomic mass is 19.4. The van der Waals surface area contributed by atoms with Crippen molar-refractivity contribution in [2.45, 2.75) is 31.5 Å². The molecule has 0 amide bonds. The van der Waals surface area contributed by atoms with Gasteiger partial charge in [0.1, 0.15) is 5.82 Å². The monoisotopic (exact) mass is 264 g/mol. The number of benzene rings is 1. The standard InChI is InChI=1S/C12H16F4N2/c13-9-5-3-4-8(12(14,15)16)11(9)10(18)6-1-2-7-17/h3-5,10H,1-2,6-7,17-18H2/t10-/m1/s1. The van der Waals surface area contributed by atoms with Gasteiger partial charge in [0, 0.05) is 11.6 Å². The lowest BCUT2D eigenvalue weighted by Crippen LogP contribution is -2.19. The Balaban J connectivity index is 2.99. The zero-order valence-corrected chi connectivity index (χ0v) is 9.80. The quantitative estimate of drug-likeness (QED) is 0.634. The minimum absolute atomic E-state index is 0.279. The van der Waals surface area contributed by atoms with Crippen LogP contribution in [0.1, 0.15) is 36.4 Å². The van der Waals surface area contributed by atoms with E-state index in [0.717, 1.165) is 18.2 Å². The molecule has 0 unspecified atom stereocenters. The van der Waals surface area contributed by atoms with E-state index < -0.39 is 29.2 Å². The fourth-order valence-electron chi connectivity index (χ4n) is 1.81. The van der Waals surface area contributed by atoms with E-state index in [1.807, 2.05) is 0 Å². The maximum Gasteiger partial charge on any atom is 0.416 e. The van der Waals surface area contributed by atoms with Gasteiger partial charge in [-0.1, -0.05) is 12.5 Å². The topological polar surface area (TPSA) is 52.0 Å². The highest BCUT2D eigenvalue weighted by Gasteiger charge is 2.35. The molecule has 0 radical (unpaired) electrons. The van der Waals surface area contributed by atoms with Gasteiger partial charge in [-0.3, -0.25) is 0 Å². The third-order valence-electron chi connectivity index (χ3n) is 2.70. The van der Waals surface area contributed by atoms with Crippen molar-refractivity contribution in [2.24, 2.45) is 11.5 Å². The van der Waals surface area contributed by atoms with E-state index in [-0.39, 0.29) is 6.42 Å². The maximum atomic E-state index is 13.5. The predicted octanol–water partition coefficient (Wildman–Crippen LogP) is 2.97. The van der Waals surface area contributed by atoms with E-state index in [1.165, 1.54) is 0 Å². The molecule has 0 aliphatic carbocycles. The SMILES string of the molecule is NCCCC[C@@H](N)c1c(F)cccc1C(F)(F)F. The zero-order chi connectivity index (χ0) is 13.8. The van der Waals surface area contributed by atoms with E-state index in [1.54, 1.807) is 0 Å². The summed E-state index contributed by atoms with van der Waals surface area (Å²) >= 11 is 0. The van der Waals surface area contributed by atoms with Gasteiger partial charge in [0.2, 0.25) is 0 Å². The van der Waals surface area contributed by atoms with Crippen molar-refractivity contribution in [3.63, 3.8) is 0 Å². The van der Waals surface area contributed by atoms with Crippen molar-refractivity contribution >= 4 is 0 Å². The first kappa shape index (κ1) is 14.9. The molecule has 0 bridgehead atoms. The number of unbranched alkanes of at least 4 members (excludes halogenated alkanes) is 1. The highest BCUT2D eigenvalue weighted by molar-refractivity contribution is 5.33. The Morgan fingerprint density at radius 2 is 1.83 bits per heavy atom. The zero-order valence-electron chi connectivity index (χ0n) is 9.80. The Morgan fingerprint density at radius 1 is 1.17 bits per heavy atom. The van der Waals surface area contributed by atoms with Crippen LogP contribution in [-0.2, 0) is 6.18 Å². The Bertz CT molecular complexity index is 390. The van der Waals surface area contributed by atoms with Gasteiger partial charge < -0.3 is 11.5 Å². The van der Waals surface area contributed by atoms with E-state index >= 15 is 0 Å². The molecule has 4 N–H and O–H groups in total. The Hall–Kier alpha value is -1.14. The van der Waals surface area contributed by atoms with Crippen LogP contribution in [0.25, 0.3) is 0 Å². The van der Waals surface area contributed by atoms with Gasteiger partial charge in [-0.2, -0.15) is 13.2 Å². The van der Waals surface area contributed by atoms with Gasteiger partial charge >= 0.3 is 6.18 Å². The molecular weight excluding hydrogens is 248 g/mol. The fourth-order valence-corrected chi connectivity index (χ4v) is 1.81. The molecule has 102 valence electrons. The molecule has 1 aromatic rings. The van der Waals surface area contributed by atoms with E-state index in [0.29, 0.717) is 19.4 Å². The molecule has 6 heteroatoms. The van der Waals surface area contributed by atoms with E-state index in [9.17, 15) is 17.6 Å². The third-order valence-corrected chi connectivity index (χ3v) is 2.70. The largest absolute Gasteiger partial charge is 0.416 e. The molecule has 0 spiro atoms. The van der Waals surface area contributed by atoms with E-state index in [4.69, 9.17) is 11.5 Å². The summed E-state index contributed by atoms with van der Waals surface area (Å²) in [4.78, 5) is 0. The van der Waals surface area contributed by atoms with Crippen LogP contribution in [0.3, 0.4) is 0 Å². The maximum absolute atomic E-state index is 13.5. The predicted molar refractivity (Wildman–Crippen MR) is 61.2 cm³/mol. The molecule has 0 heterocycles. The van der Waals surface area contributed by atoms with Crippen molar-refractivity contribution in [1.29, 1.82) is 0 Å². The van der Waals surface area contributed by atoms with Gasteiger partial charge in [0.05, 0.1) is 5.56 Å². The molecule has 18 heavy (non-hydrogen) atoms. The first-order valence-electron chi connectivity index (χ1n) is 5.69. The molecule has 0 aliphatic rings. The molecule has 2 nitrogen and oxygen atoms in total. The number of hydrogen-bond acceptors (Lipinski definition) is 2. The number of halogens is 4. The van der Waals surface area contributed by atoms with Crippen LogP contribution in [-0.4, -0.2) is 6.54 Å². The average Bonchev–Trinajstić information content (AvgIpc) is 2.27. The van der Waals surface area contributed by atoms with Crippen LogP contribution in [0, 0.1) is 5.82 Å². The molecule has 0 fully saturated rings. The summed E-state index contributed by atoms with van der Waals surface area (Å²) in [7, 11) is 0. The molecule has 1 atom stereocenters. The van der Waals surface area contributed by atoms with Gasteiger partial charge in [0.25, 0.3) is 0 Å². The van der Waals surface area contributed by atoms with Crippen LogP contribution >= 0.6 is 0 Å². The van der Waals surface area contributed by atoms with Gasteiger partial charge in [0.15, 0.2) is 0 Å². The summed E-state index contributed by atoms with van der Waals surface area (Å²) in [6, 6.07) is 1.91. The van der Waals surface area contributed by atoms with Crippen LogP contribution in [0.15, 0.2) is 18.2 Å². The molecular formula is C12H16F4N2. The smallest absolute Gasteiger partial charge is 0.330 e. The van der Waals surface area contributed by atoms with Crippen LogP contribution in [0.2, 0.25) is 0 Å². The second kappa shape index (κ2) is 6.15. The molecule has 0 saturated heterocycles. The van der Waals surface area contributed by atoms with Crippen LogP contribution < -0.4 is 11.5 Å². The first-order chi connectivity index (χ1) is 8.38. The lowest BCUT2D eigenvalue weighted by molar-refractivity contribution is -0.138. The molecule has 0 aromatic heterocycles. The van der Waals surface area contributed by atoms with Gasteiger partial charge in [-0.25, -0.2) is 4.39 Å². The van der Waals surface area contributed by atoms with Crippen LogP contribution in [0.4, 0.5) is 17.6 Å². The number of hydrogen-bond donors (Lipinski definition) is 2. The lowest BCUT2D eigenvalue weighted by atomic mass is 9.96. The Kier molecular flexibility index (Phi) is 5.10. The van der Waals surface area contributed by atoms with Gasteiger partial charge in [-0.15, -0.1) is 0 Å². The summed E-state index contributed by atoms with van der Waals surface area (Å²) in [5.41, 5.74) is 9.49. The van der Waals surface area contributed by atoms with Crippen molar-refractivity contribution < 1.29 is 17.6 Å². The summed E-state index contributed by atoms with van der Waals surface area (Å²) in [5, 5.41) is 0. The lowest BCUT2D eigenvalue weighted by Gasteiger charge is -2.18. The van der Waals surface area contributed by atoms with Gasteiger partial charge in [-0.05, 0) is 31.5 Å². The molecule has 0 saturated carbocycles. The van der Waals surface area contributed by atoms with Crippen LogP contribution in [0.5, 0.6) is 0 Å². The second-order valence-corrected chi connectivity index (χ2v) is 4.09. The highest BCUT2D eigenvalue weighted by Crippen LogP contribution is 2.36. The van der Waals surface area contributed by atoms with Crippen molar-refractivity contribution in [2.75, 3.05) is 6.54 Å². The Morgan fingerprint density at radius 3 is 2.39 bits per heavy atom. The summed E-state index contributed by atoms with van der Waals surface area (Å²) in [5.74, 6) is -0.912. The average molecular weight is 264 g/mol. The first-order valence-corrected chi connectivity index (χ1v) is 5.69. The van der Waals surface area contributed by atoms with Crippen molar-refractivity contribution in [3.05, 3.63) is 35.1 Å². The molecule has 0 aliphatic heterocycles. The fraction of sp³-hybridized carbons (Fsp3) is 0.500. The van der Waals surface area contributed by atoms with E-state index in [2.05, 4.69) is 0 Å². The summed E-state index contributed by atoms with van der Waals surface area (Å²) in [6.45, 7) is 0.441. The minimum atomic E-state index is -4.59. The third kappa shape index (κ3) is 3.68. The van der Waals surface area contributed by atoms with Crippen molar-refractivity contribution in [1.82, 2.24) is 0 Å². The number of rotatable bonds is 5. The normalized spacial score (nSPS) is 13.7. The Labute approximate surface area is 103 Å². The molecule has 1 rings (SSSR count). The summed E-state index contributed by atoms with van der Waals surface area (Å²) < 4.78 is 51.7. The molecule has 1 aromatic carbocycles. The number of nitrogens with two attached hydrogens (primary N) is 2.